The molecule has 328 valence electrons. The normalized spacial score (nSPS) is 15.2. The largest absolute Gasteiger partial charge is 0.499 e. The molecule has 2 aromatic heterocycles. The van der Waals surface area contributed by atoms with Crippen molar-refractivity contribution in [2.45, 2.75) is 65.1 Å². The number of hydrogen-bond donors (Lipinski definition) is 0. The smallest absolute Gasteiger partial charge is 0.392 e. The molecule has 3 aliphatic heterocycles. The van der Waals surface area contributed by atoms with E-state index in [0.29, 0.717) is 0 Å². The van der Waals surface area contributed by atoms with Crippen LogP contribution in [0.1, 0.15) is 63.8 Å². The number of imidazole rings is 1. The summed E-state index contributed by atoms with van der Waals surface area (Å²) in [6, 6.07) is 69.9. The standard InChI is InChI=1S/C64H53N3O/c1-40-35-57(52(43-19-12-9-13-20-43)39-51(40)44-27-31-48(32-28-44)63(5,6)7)66-55-23-16-22-49-53-36-46(41-17-10-8-11-18-41)37-54-56-38-45(42-25-29-47(30-26-42)62(2,3)4)33-34-65(56)64(59(53)54)67(60(49)55)61(66)50-21-14-15-24-58(50)68-64/h8-39H,1-7H3/q+2. The summed E-state index contributed by atoms with van der Waals surface area (Å²) in [5, 5.41) is 0. The molecule has 4 nitrogen and oxygen atoms in total. The van der Waals surface area contributed by atoms with Crippen LogP contribution in [0.15, 0.2) is 194 Å². The first-order chi connectivity index (χ1) is 32.9. The average molecular weight is 880 g/mol. The van der Waals surface area contributed by atoms with E-state index < -0.39 is 5.85 Å². The topological polar surface area (TPSA) is 21.9 Å². The molecular weight excluding hydrogens is 827 g/mol. The van der Waals surface area contributed by atoms with E-state index in [1.54, 1.807) is 0 Å². The summed E-state index contributed by atoms with van der Waals surface area (Å²) in [6.45, 7) is 15.9. The lowest BCUT2D eigenvalue weighted by molar-refractivity contribution is -0.997. The molecule has 0 bridgehead atoms. The molecule has 0 N–H and O–H groups in total. The minimum atomic E-state index is -1.07. The van der Waals surface area contributed by atoms with Gasteiger partial charge in [-0.3, -0.25) is 0 Å². The van der Waals surface area contributed by atoms with Crippen molar-refractivity contribution in [2.75, 3.05) is 0 Å². The summed E-state index contributed by atoms with van der Waals surface area (Å²) in [5.74, 6) is 0.862. The van der Waals surface area contributed by atoms with Crippen molar-refractivity contribution < 1.29 is 13.9 Å². The van der Waals surface area contributed by atoms with Gasteiger partial charge in [-0.25, -0.2) is 0 Å². The van der Waals surface area contributed by atoms with Crippen LogP contribution in [0.3, 0.4) is 0 Å². The molecule has 0 fully saturated rings. The Bertz CT molecular complexity index is 3700. The van der Waals surface area contributed by atoms with Crippen LogP contribution in [0, 0.1) is 6.92 Å². The summed E-state index contributed by atoms with van der Waals surface area (Å²) in [6.07, 6.45) is 2.27. The summed E-state index contributed by atoms with van der Waals surface area (Å²) >= 11 is 0. The fourth-order valence-electron chi connectivity index (χ4n) is 11.3. The van der Waals surface area contributed by atoms with Crippen LogP contribution >= 0.6 is 0 Å². The van der Waals surface area contributed by atoms with Crippen LogP contribution in [0.2, 0.25) is 0 Å². The van der Waals surface area contributed by atoms with Gasteiger partial charge in [0, 0.05) is 28.8 Å². The first kappa shape index (κ1) is 40.5. The molecule has 8 aromatic carbocycles. The van der Waals surface area contributed by atoms with Gasteiger partial charge in [0.1, 0.15) is 22.6 Å². The molecular formula is C64H53N3O+2. The minimum Gasteiger partial charge on any atom is -0.392 e. The molecule has 0 amide bonds. The molecule has 3 aliphatic rings. The van der Waals surface area contributed by atoms with E-state index >= 15 is 0 Å². The third kappa shape index (κ3) is 5.79. The van der Waals surface area contributed by atoms with E-state index in [1.165, 1.54) is 77.9 Å². The molecule has 1 unspecified atom stereocenters. The van der Waals surface area contributed by atoms with Gasteiger partial charge >= 0.3 is 11.7 Å². The molecule has 0 saturated carbocycles. The number of nitrogens with zero attached hydrogens (tertiary/aromatic N) is 3. The summed E-state index contributed by atoms with van der Waals surface area (Å²) in [5.41, 5.74) is 23.8. The third-order valence-corrected chi connectivity index (χ3v) is 14.8. The van der Waals surface area contributed by atoms with Crippen LogP contribution < -0.4 is 13.9 Å². The van der Waals surface area contributed by atoms with E-state index in [0.717, 1.165) is 45.1 Å². The first-order valence-electron chi connectivity index (χ1n) is 24.0. The monoisotopic (exact) mass is 879 g/mol. The molecule has 13 rings (SSSR count). The first-order valence-corrected chi connectivity index (χ1v) is 24.0. The Morgan fingerprint density at radius 2 is 1.04 bits per heavy atom. The highest BCUT2D eigenvalue weighted by Crippen LogP contribution is 2.55. The lowest BCUT2D eigenvalue weighted by Crippen LogP contribution is -2.78. The third-order valence-electron chi connectivity index (χ3n) is 14.8. The SMILES string of the molecule is Cc1cc(-n2c3[n+]4c5c(cccc52)-c2cc(-c5ccccc5)cc5c2C4(Oc2ccccc2-3)[n+]2ccc(-c3ccc(C(C)(C)C)cc3)cc2-5)c(-c2ccccc2)cc1-c1ccc(C(C)(C)C)cc1. The minimum absolute atomic E-state index is 0.0678. The molecule has 1 atom stereocenters. The lowest BCUT2D eigenvalue weighted by atomic mass is 9.85. The van der Waals surface area contributed by atoms with Gasteiger partial charge in [0.15, 0.2) is 17.2 Å². The zero-order valence-electron chi connectivity index (χ0n) is 39.7. The highest BCUT2D eigenvalue weighted by atomic mass is 16.5. The Labute approximate surface area is 399 Å². The zero-order valence-corrected chi connectivity index (χ0v) is 39.7. The Balaban J connectivity index is 1.13. The van der Waals surface area contributed by atoms with Gasteiger partial charge in [-0.1, -0.05) is 169 Å². The molecule has 68 heavy (non-hydrogen) atoms. The van der Waals surface area contributed by atoms with E-state index in [4.69, 9.17) is 4.74 Å². The number of rotatable bonds is 5. The number of hydrogen-bond acceptors (Lipinski definition) is 1. The van der Waals surface area contributed by atoms with Crippen LogP contribution in [0.25, 0.3) is 95.0 Å². The zero-order chi connectivity index (χ0) is 46.3. The quantitative estimate of drug-likeness (QED) is 0.158. The summed E-state index contributed by atoms with van der Waals surface area (Å²) in [4.78, 5) is 0. The van der Waals surface area contributed by atoms with E-state index in [2.05, 4.69) is 256 Å². The Morgan fingerprint density at radius 1 is 0.456 bits per heavy atom. The van der Waals surface area contributed by atoms with E-state index in [9.17, 15) is 0 Å². The van der Waals surface area contributed by atoms with Gasteiger partial charge in [-0.05, 0) is 122 Å². The van der Waals surface area contributed by atoms with Gasteiger partial charge in [0.2, 0.25) is 5.69 Å². The number of aryl methyl sites for hydroxylation is 1. The Hall–Kier alpha value is -7.82. The van der Waals surface area contributed by atoms with Crippen molar-refractivity contribution in [1.29, 1.82) is 0 Å². The van der Waals surface area contributed by atoms with Gasteiger partial charge < -0.3 is 4.74 Å². The van der Waals surface area contributed by atoms with Crippen molar-refractivity contribution in [2.24, 2.45) is 0 Å². The van der Waals surface area contributed by atoms with E-state index in [1.807, 2.05) is 0 Å². The molecule has 1 spiro atoms. The second-order valence-corrected chi connectivity index (χ2v) is 21.1. The molecule has 5 heterocycles. The van der Waals surface area contributed by atoms with Gasteiger partial charge in [0.05, 0.1) is 5.56 Å². The van der Waals surface area contributed by atoms with Crippen molar-refractivity contribution in [3.63, 3.8) is 0 Å². The lowest BCUT2D eigenvalue weighted by Gasteiger charge is -2.32. The van der Waals surface area contributed by atoms with Crippen molar-refractivity contribution in [3.05, 3.63) is 217 Å². The number of ether oxygens (including phenoxy) is 1. The second kappa shape index (κ2) is 14.3. The molecule has 10 aromatic rings. The molecule has 0 aliphatic carbocycles. The van der Waals surface area contributed by atoms with Crippen LogP contribution in [0.5, 0.6) is 5.75 Å². The maximum absolute atomic E-state index is 7.76. The molecule has 0 saturated heterocycles. The van der Waals surface area contributed by atoms with Crippen LogP contribution in [-0.2, 0) is 16.7 Å². The number of pyridine rings is 1. The van der Waals surface area contributed by atoms with Gasteiger partial charge in [-0.15, -0.1) is 9.13 Å². The van der Waals surface area contributed by atoms with Gasteiger partial charge in [0.25, 0.3) is 0 Å². The number of fused-ring (bicyclic) bond motifs is 5. The van der Waals surface area contributed by atoms with Gasteiger partial charge in [-0.2, -0.15) is 4.57 Å². The fraction of sp³-hybridized carbons (Fsp3) is 0.156. The number of aromatic nitrogens is 3. The predicted octanol–water partition coefficient (Wildman–Crippen LogP) is 15.0. The number of benzene rings is 8. The highest BCUT2D eigenvalue weighted by Gasteiger charge is 2.68. The van der Waals surface area contributed by atoms with Crippen molar-refractivity contribution >= 4 is 11.0 Å². The van der Waals surface area contributed by atoms with E-state index in [-0.39, 0.29) is 10.8 Å². The van der Waals surface area contributed by atoms with Crippen molar-refractivity contribution in [1.82, 2.24) is 4.57 Å². The second-order valence-electron chi connectivity index (χ2n) is 21.1. The van der Waals surface area contributed by atoms with Crippen LogP contribution in [-0.4, -0.2) is 4.57 Å². The summed E-state index contributed by atoms with van der Waals surface area (Å²) in [7, 11) is 0. The van der Waals surface area contributed by atoms with Crippen molar-refractivity contribution in [3.8, 4) is 89.7 Å². The highest BCUT2D eigenvalue weighted by molar-refractivity contribution is 6.00. The maximum Gasteiger partial charge on any atom is 0.499 e. The van der Waals surface area contributed by atoms with Crippen LogP contribution in [0.4, 0.5) is 0 Å². The fourth-order valence-corrected chi connectivity index (χ4v) is 11.3. The summed E-state index contributed by atoms with van der Waals surface area (Å²) < 4.78 is 15.2. The average Bonchev–Trinajstić information content (AvgIpc) is 3.85. The number of para-hydroxylation sites is 2. The maximum atomic E-state index is 7.76. The molecule has 0 radical (unpaired) electrons. The Morgan fingerprint density at radius 3 is 1.74 bits per heavy atom. The predicted molar refractivity (Wildman–Crippen MR) is 277 cm³/mol. The molecule has 4 heteroatoms. The Kier molecular flexibility index (Phi) is 8.53.